The molecule has 0 aromatic heterocycles. The lowest BCUT2D eigenvalue weighted by atomic mass is 10.2. The van der Waals surface area contributed by atoms with Crippen molar-refractivity contribution in [2.75, 3.05) is 5.75 Å². The summed E-state index contributed by atoms with van der Waals surface area (Å²) < 4.78 is 12.1. The molecule has 0 bridgehead atoms. The first-order valence-electron chi connectivity index (χ1n) is 7.18. The molecular weight excluding hydrogens is 292 g/mol. The monoisotopic (exact) mass is 312 g/mol. The van der Waals surface area contributed by atoms with E-state index in [1.165, 1.54) is 0 Å². The number of rotatable bonds is 6. The average molecular weight is 312 g/mol. The van der Waals surface area contributed by atoms with Gasteiger partial charge in [0.1, 0.15) is 0 Å². The lowest BCUT2D eigenvalue weighted by Gasteiger charge is -2.05. The van der Waals surface area contributed by atoms with Gasteiger partial charge >= 0.3 is 0 Å². The summed E-state index contributed by atoms with van der Waals surface area (Å²) in [7, 11) is -1.19. The third kappa shape index (κ3) is 5.43. The fourth-order valence-electron chi connectivity index (χ4n) is 1.92. The molecule has 2 atom stereocenters. The maximum Gasteiger partial charge on any atom is 0.0842 e. The molecule has 0 saturated heterocycles. The number of hydrogen-bond acceptors (Lipinski definition) is 2. The highest BCUT2D eigenvalue weighted by Crippen LogP contribution is 2.10. The van der Waals surface area contributed by atoms with Crippen LogP contribution in [0.3, 0.4) is 0 Å². The molecule has 0 aliphatic carbocycles. The Labute approximate surface area is 134 Å². The minimum Gasteiger partial charge on any atom is -0.388 e. The molecule has 0 unspecified atom stereocenters. The summed E-state index contributed by atoms with van der Waals surface area (Å²) in [6, 6.07) is 17.5. The number of aliphatic hydroxyl groups excluding tert-OH is 1. The summed E-state index contributed by atoms with van der Waals surface area (Å²) in [5.41, 5.74) is 2.23. The molecule has 0 radical (unpaired) electrons. The standard InChI is InChI=1S/C19H20O2S/c1-16-11-13-19(14-12-16)22(21)15-18(20)10-6-5-9-17-7-3-2-4-8-17/h2-14,18,20H,15H2,1H3/b9-5+,10-6+/t18-,22+/m0/s1. The normalized spacial score (nSPS) is 14.5. The predicted molar refractivity (Wildman–Crippen MR) is 93.1 cm³/mol. The first-order valence-corrected chi connectivity index (χ1v) is 8.50. The van der Waals surface area contributed by atoms with Crippen LogP contribution >= 0.6 is 0 Å². The molecule has 2 rings (SSSR count). The topological polar surface area (TPSA) is 37.3 Å². The van der Waals surface area contributed by atoms with Crippen LogP contribution in [0, 0.1) is 6.92 Å². The van der Waals surface area contributed by atoms with Crippen LogP contribution in [-0.2, 0) is 10.8 Å². The fraction of sp³-hybridized carbons (Fsp3) is 0.158. The number of benzene rings is 2. The Bertz CT molecular complexity index is 658. The predicted octanol–water partition coefficient (Wildman–Crippen LogP) is 3.73. The van der Waals surface area contributed by atoms with Crippen LogP contribution in [-0.4, -0.2) is 21.2 Å². The second-order valence-electron chi connectivity index (χ2n) is 5.05. The zero-order chi connectivity index (χ0) is 15.8. The average Bonchev–Trinajstić information content (AvgIpc) is 2.53. The van der Waals surface area contributed by atoms with Crippen molar-refractivity contribution in [3.8, 4) is 0 Å². The van der Waals surface area contributed by atoms with Crippen LogP contribution in [0.1, 0.15) is 11.1 Å². The summed E-state index contributed by atoms with van der Waals surface area (Å²) in [4.78, 5) is 0.748. The summed E-state index contributed by atoms with van der Waals surface area (Å²) in [5, 5.41) is 9.92. The molecule has 3 heteroatoms. The van der Waals surface area contributed by atoms with Gasteiger partial charge in [0.05, 0.1) is 22.7 Å². The zero-order valence-electron chi connectivity index (χ0n) is 12.6. The minimum absolute atomic E-state index is 0.207. The van der Waals surface area contributed by atoms with Crippen LogP contribution in [0.4, 0.5) is 0 Å². The Kier molecular flexibility index (Phi) is 6.31. The highest BCUT2D eigenvalue weighted by molar-refractivity contribution is 7.85. The van der Waals surface area contributed by atoms with Crippen LogP contribution in [0.15, 0.2) is 77.7 Å². The van der Waals surface area contributed by atoms with Gasteiger partial charge in [0.15, 0.2) is 0 Å². The van der Waals surface area contributed by atoms with Crippen LogP contribution in [0.25, 0.3) is 6.08 Å². The van der Waals surface area contributed by atoms with Crippen molar-refractivity contribution in [3.63, 3.8) is 0 Å². The van der Waals surface area contributed by atoms with Gasteiger partial charge in [0.25, 0.3) is 0 Å². The molecule has 2 aromatic rings. The van der Waals surface area contributed by atoms with Crippen LogP contribution in [0.5, 0.6) is 0 Å². The van der Waals surface area contributed by atoms with Crippen LogP contribution < -0.4 is 0 Å². The largest absolute Gasteiger partial charge is 0.388 e. The Morgan fingerprint density at radius 2 is 1.73 bits per heavy atom. The van der Waals surface area contributed by atoms with E-state index in [0.29, 0.717) is 0 Å². The van der Waals surface area contributed by atoms with E-state index in [0.717, 1.165) is 16.0 Å². The highest BCUT2D eigenvalue weighted by atomic mass is 32.2. The molecular formula is C19H20O2S. The van der Waals surface area contributed by atoms with Gasteiger partial charge in [-0.1, -0.05) is 72.3 Å². The molecule has 0 fully saturated rings. The van der Waals surface area contributed by atoms with Crippen molar-refractivity contribution in [3.05, 3.63) is 84.0 Å². The number of aryl methyl sites for hydroxylation is 1. The van der Waals surface area contributed by atoms with E-state index in [9.17, 15) is 9.32 Å². The van der Waals surface area contributed by atoms with E-state index >= 15 is 0 Å². The van der Waals surface area contributed by atoms with Gasteiger partial charge < -0.3 is 5.11 Å². The summed E-state index contributed by atoms with van der Waals surface area (Å²) in [5.74, 6) is 0.207. The first kappa shape index (κ1) is 16.4. The molecule has 2 nitrogen and oxygen atoms in total. The maximum atomic E-state index is 12.1. The number of aliphatic hydroxyl groups is 1. The summed E-state index contributed by atoms with van der Waals surface area (Å²) in [6.07, 6.45) is 6.55. The Morgan fingerprint density at radius 1 is 1.05 bits per heavy atom. The van der Waals surface area contributed by atoms with Crippen molar-refractivity contribution in [2.24, 2.45) is 0 Å². The lowest BCUT2D eigenvalue weighted by molar-refractivity contribution is 0.247. The Morgan fingerprint density at radius 3 is 2.41 bits per heavy atom. The second kappa shape index (κ2) is 8.47. The van der Waals surface area contributed by atoms with Gasteiger partial charge in [0.2, 0.25) is 0 Å². The molecule has 22 heavy (non-hydrogen) atoms. The molecule has 0 saturated carbocycles. The van der Waals surface area contributed by atoms with E-state index in [1.54, 1.807) is 12.2 Å². The SMILES string of the molecule is Cc1ccc([S@](=O)C[C@@H](O)/C=C/C=C/c2ccccc2)cc1. The molecule has 0 amide bonds. The van der Waals surface area contributed by atoms with Crippen molar-refractivity contribution in [2.45, 2.75) is 17.9 Å². The number of hydrogen-bond donors (Lipinski definition) is 1. The summed E-state index contributed by atoms with van der Waals surface area (Å²) in [6.45, 7) is 1.99. The Hall–Kier alpha value is -1.97. The molecule has 114 valence electrons. The highest BCUT2D eigenvalue weighted by Gasteiger charge is 2.08. The van der Waals surface area contributed by atoms with E-state index < -0.39 is 16.9 Å². The molecule has 0 spiro atoms. The van der Waals surface area contributed by atoms with Gasteiger partial charge in [-0.2, -0.15) is 0 Å². The van der Waals surface area contributed by atoms with Crippen molar-refractivity contribution < 1.29 is 9.32 Å². The van der Waals surface area contributed by atoms with Crippen molar-refractivity contribution in [1.29, 1.82) is 0 Å². The lowest BCUT2D eigenvalue weighted by Crippen LogP contribution is -2.13. The smallest absolute Gasteiger partial charge is 0.0842 e. The van der Waals surface area contributed by atoms with Gasteiger partial charge in [-0.15, -0.1) is 0 Å². The van der Waals surface area contributed by atoms with Crippen LogP contribution in [0.2, 0.25) is 0 Å². The first-order chi connectivity index (χ1) is 10.6. The molecule has 0 aliphatic heterocycles. The van der Waals surface area contributed by atoms with Gasteiger partial charge in [-0.3, -0.25) is 4.21 Å². The fourth-order valence-corrected chi connectivity index (χ4v) is 2.97. The van der Waals surface area contributed by atoms with Crippen molar-refractivity contribution >= 4 is 16.9 Å². The zero-order valence-corrected chi connectivity index (χ0v) is 13.4. The van der Waals surface area contributed by atoms with E-state index in [1.807, 2.05) is 73.7 Å². The molecule has 0 heterocycles. The minimum atomic E-state index is -1.19. The Balaban J connectivity index is 1.85. The van der Waals surface area contributed by atoms with Gasteiger partial charge in [-0.05, 0) is 24.6 Å². The van der Waals surface area contributed by atoms with E-state index in [4.69, 9.17) is 0 Å². The molecule has 0 aliphatic rings. The quantitative estimate of drug-likeness (QED) is 0.825. The third-order valence-electron chi connectivity index (χ3n) is 3.14. The van der Waals surface area contributed by atoms with Crippen molar-refractivity contribution in [1.82, 2.24) is 0 Å². The van der Waals surface area contributed by atoms with E-state index in [2.05, 4.69) is 0 Å². The molecule has 1 N–H and O–H groups in total. The number of allylic oxidation sites excluding steroid dienone is 2. The van der Waals surface area contributed by atoms with Gasteiger partial charge in [0, 0.05) is 4.90 Å². The van der Waals surface area contributed by atoms with E-state index in [-0.39, 0.29) is 5.75 Å². The third-order valence-corrected chi connectivity index (χ3v) is 4.58. The molecule has 2 aromatic carbocycles. The summed E-state index contributed by atoms with van der Waals surface area (Å²) >= 11 is 0. The second-order valence-corrected chi connectivity index (χ2v) is 6.54. The van der Waals surface area contributed by atoms with Gasteiger partial charge in [-0.25, -0.2) is 0 Å². The maximum absolute atomic E-state index is 12.1.